The second-order valence-corrected chi connectivity index (χ2v) is 9.16. The summed E-state index contributed by atoms with van der Waals surface area (Å²) in [6.45, 7) is 10.5. The SMILES string of the molecule is CC(=O)Nc1cc(-c2cc(F)c(OCC(CC(C)C)NC(=O)OC(C)(C)C)cc2F)ccn1. The molecule has 0 aliphatic carbocycles. The van der Waals surface area contributed by atoms with E-state index in [0.29, 0.717) is 12.0 Å². The summed E-state index contributed by atoms with van der Waals surface area (Å²) in [6, 6.07) is 4.48. The molecule has 0 saturated heterocycles. The van der Waals surface area contributed by atoms with Crippen molar-refractivity contribution in [2.24, 2.45) is 5.92 Å². The van der Waals surface area contributed by atoms with E-state index in [4.69, 9.17) is 9.47 Å². The van der Waals surface area contributed by atoms with Crippen LogP contribution in [0.2, 0.25) is 0 Å². The van der Waals surface area contributed by atoms with Gasteiger partial charge in [0.15, 0.2) is 11.6 Å². The Balaban J connectivity index is 2.16. The summed E-state index contributed by atoms with van der Waals surface area (Å²) in [5.41, 5.74) is -0.314. The van der Waals surface area contributed by atoms with E-state index in [2.05, 4.69) is 15.6 Å². The average Bonchev–Trinajstić information content (AvgIpc) is 2.65. The van der Waals surface area contributed by atoms with Gasteiger partial charge in [0.25, 0.3) is 0 Å². The topological polar surface area (TPSA) is 89.6 Å². The third-order valence-corrected chi connectivity index (χ3v) is 4.31. The third kappa shape index (κ3) is 8.67. The minimum atomic E-state index is -0.759. The summed E-state index contributed by atoms with van der Waals surface area (Å²) < 4.78 is 40.3. The molecular formula is C24H31F2N3O4. The van der Waals surface area contributed by atoms with Crippen LogP contribution in [0.3, 0.4) is 0 Å². The van der Waals surface area contributed by atoms with Gasteiger partial charge in [0, 0.05) is 24.8 Å². The minimum absolute atomic E-state index is 0.000498. The molecule has 0 radical (unpaired) electrons. The van der Waals surface area contributed by atoms with E-state index < -0.39 is 29.4 Å². The summed E-state index contributed by atoms with van der Waals surface area (Å²) in [6.07, 6.45) is 1.34. The highest BCUT2D eigenvalue weighted by Crippen LogP contribution is 2.30. The van der Waals surface area contributed by atoms with E-state index in [-0.39, 0.29) is 35.6 Å². The second-order valence-electron chi connectivity index (χ2n) is 9.16. The molecule has 9 heteroatoms. The summed E-state index contributed by atoms with van der Waals surface area (Å²) in [7, 11) is 0. The van der Waals surface area contributed by atoms with E-state index >= 15 is 0 Å². The van der Waals surface area contributed by atoms with Crippen LogP contribution in [0.15, 0.2) is 30.5 Å². The smallest absolute Gasteiger partial charge is 0.407 e. The van der Waals surface area contributed by atoms with Gasteiger partial charge in [0.1, 0.15) is 23.8 Å². The normalized spacial score (nSPS) is 12.3. The van der Waals surface area contributed by atoms with Crippen molar-refractivity contribution in [3.63, 3.8) is 0 Å². The Hall–Kier alpha value is -3.23. The molecule has 2 N–H and O–H groups in total. The number of hydrogen-bond acceptors (Lipinski definition) is 5. The highest BCUT2D eigenvalue weighted by atomic mass is 19.1. The highest BCUT2D eigenvalue weighted by molar-refractivity contribution is 5.88. The van der Waals surface area contributed by atoms with Crippen LogP contribution in [0.5, 0.6) is 5.75 Å². The standard InChI is InChI=1S/C24H31F2N3O4/c1-14(2)9-17(29-23(31)33-24(4,5)6)13-32-21-12-19(25)18(11-20(21)26)16-7-8-27-22(10-16)28-15(3)30/h7-8,10-12,14,17H,9,13H2,1-6H3,(H,29,31)(H,27,28,30). The molecule has 7 nitrogen and oxygen atoms in total. The number of alkyl carbamates (subject to hydrolysis) is 1. The van der Waals surface area contributed by atoms with Gasteiger partial charge in [-0.3, -0.25) is 4.79 Å². The largest absolute Gasteiger partial charge is 0.488 e. The number of carbonyl (C=O) groups excluding carboxylic acids is 2. The molecule has 1 atom stereocenters. The molecule has 0 bridgehead atoms. The number of amides is 2. The number of rotatable bonds is 8. The van der Waals surface area contributed by atoms with E-state index in [1.54, 1.807) is 20.8 Å². The van der Waals surface area contributed by atoms with Gasteiger partial charge < -0.3 is 20.1 Å². The van der Waals surface area contributed by atoms with Gasteiger partial charge >= 0.3 is 6.09 Å². The maximum absolute atomic E-state index is 14.8. The number of pyridine rings is 1. The predicted molar refractivity (Wildman–Crippen MR) is 122 cm³/mol. The molecule has 0 spiro atoms. The molecular weight excluding hydrogens is 432 g/mol. The average molecular weight is 464 g/mol. The maximum atomic E-state index is 14.8. The first-order valence-corrected chi connectivity index (χ1v) is 10.7. The van der Waals surface area contributed by atoms with Crippen molar-refractivity contribution in [3.05, 3.63) is 42.1 Å². The lowest BCUT2D eigenvalue weighted by Gasteiger charge is -2.25. The molecule has 0 saturated carbocycles. The number of carbonyl (C=O) groups is 2. The van der Waals surface area contributed by atoms with E-state index in [1.807, 2.05) is 13.8 Å². The van der Waals surface area contributed by atoms with Crippen LogP contribution in [0.1, 0.15) is 48.0 Å². The van der Waals surface area contributed by atoms with Crippen molar-refractivity contribution >= 4 is 17.8 Å². The van der Waals surface area contributed by atoms with Gasteiger partial charge in [-0.2, -0.15) is 0 Å². The molecule has 0 aliphatic rings. The monoisotopic (exact) mass is 463 g/mol. The van der Waals surface area contributed by atoms with Crippen LogP contribution in [0, 0.1) is 17.6 Å². The van der Waals surface area contributed by atoms with Crippen LogP contribution in [0.4, 0.5) is 19.4 Å². The van der Waals surface area contributed by atoms with Crippen molar-refractivity contribution in [1.29, 1.82) is 0 Å². The van der Waals surface area contributed by atoms with Crippen molar-refractivity contribution in [3.8, 4) is 16.9 Å². The molecule has 180 valence electrons. The number of ether oxygens (including phenoxy) is 2. The van der Waals surface area contributed by atoms with Crippen molar-refractivity contribution in [2.75, 3.05) is 11.9 Å². The molecule has 2 rings (SSSR count). The first kappa shape index (κ1) is 26.0. The summed E-state index contributed by atoms with van der Waals surface area (Å²) in [5, 5.41) is 5.23. The van der Waals surface area contributed by atoms with Gasteiger partial charge in [-0.1, -0.05) is 13.8 Å². The number of benzene rings is 1. The van der Waals surface area contributed by atoms with Crippen molar-refractivity contribution < 1.29 is 27.8 Å². The zero-order valence-corrected chi connectivity index (χ0v) is 19.8. The molecule has 1 heterocycles. The first-order valence-electron chi connectivity index (χ1n) is 10.7. The quantitative estimate of drug-likeness (QED) is 0.554. The Kier molecular flexibility index (Phi) is 8.73. The van der Waals surface area contributed by atoms with Crippen LogP contribution in [-0.4, -0.2) is 35.2 Å². The zero-order valence-electron chi connectivity index (χ0n) is 19.8. The van der Waals surface area contributed by atoms with E-state index in [9.17, 15) is 18.4 Å². The maximum Gasteiger partial charge on any atom is 0.407 e. The lowest BCUT2D eigenvalue weighted by molar-refractivity contribution is -0.114. The fourth-order valence-corrected chi connectivity index (χ4v) is 3.11. The lowest BCUT2D eigenvalue weighted by Crippen LogP contribution is -2.42. The summed E-state index contributed by atoms with van der Waals surface area (Å²) >= 11 is 0. The molecule has 1 aromatic heterocycles. The molecule has 2 amide bonds. The van der Waals surface area contributed by atoms with Crippen LogP contribution >= 0.6 is 0 Å². The predicted octanol–water partition coefficient (Wildman–Crippen LogP) is 5.30. The van der Waals surface area contributed by atoms with E-state index in [1.165, 1.54) is 25.3 Å². The Bertz CT molecular complexity index is 990. The fourth-order valence-electron chi connectivity index (χ4n) is 3.11. The Labute approximate surface area is 192 Å². The van der Waals surface area contributed by atoms with Crippen LogP contribution < -0.4 is 15.4 Å². The Morgan fingerprint density at radius 1 is 1.12 bits per heavy atom. The summed E-state index contributed by atoms with van der Waals surface area (Å²) in [4.78, 5) is 27.3. The molecule has 1 unspecified atom stereocenters. The number of nitrogens with zero attached hydrogens (tertiary/aromatic N) is 1. The van der Waals surface area contributed by atoms with Gasteiger partial charge in [0.05, 0.1) is 6.04 Å². The third-order valence-electron chi connectivity index (χ3n) is 4.31. The molecule has 33 heavy (non-hydrogen) atoms. The van der Waals surface area contributed by atoms with Crippen molar-refractivity contribution in [1.82, 2.24) is 10.3 Å². The van der Waals surface area contributed by atoms with Gasteiger partial charge in [0.2, 0.25) is 5.91 Å². The minimum Gasteiger partial charge on any atom is -0.488 e. The fraction of sp³-hybridized carbons (Fsp3) is 0.458. The lowest BCUT2D eigenvalue weighted by atomic mass is 10.0. The summed E-state index contributed by atoms with van der Waals surface area (Å²) in [5.74, 6) is -1.61. The van der Waals surface area contributed by atoms with Gasteiger partial charge in [-0.05, 0) is 56.9 Å². The van der Waals surface area contributed by atoms with Crippen LogP contribution in [-0.2, 0) is 9.53 Å². The van der Waals surface area contributed by atoms with Crippen molar-refractivity contribution in [2.45, 2.75) is 59.6 Å². The first-order chi connectivity index (χ1) is 15.3. The number of aromatic nitrogens is 1. The zero-order chi connectivity index (χ0) is 24.8. The Morgan fingerprint density at radius 3 is 2.42 bits per heavy atom. The highest BCUT2D eigenvalue weighted by Gasteiger charge is 2.22. The Morgan fingerprint density at radius 2 is 1.82 bits per heavy atom. The van der Waals surface area contributed by atoms with Crippen LogP contribution in [0.25, 0.3) is 11.1 Å². The number of anilines is 1. The second kappa shape index (κ2) is 11.1. The molecule has 0 fully saturated rings. The number of hydrogen-bond donors (Lipinski definition) is 2. The number of halogens is 2. The molecule has 0 aliphatic heterocycles. The number of nitrogens with one attached hydrogen (secondary N) is 2. The van der Waals surface area contributed by atoms with Gasteiger partial charge in [-0.25, -0.2) is 18.6 Å². The van der Waals surface area contributed by atoms with Gasteiger partial charge in [-0.15, -0.1) is 0 Å². The van der Waals surface area contributed by atoms with E-state index in [0.717, 1.165) is 12.1 Å². The molecule has 1 aromatic carbocycles. The molecule has 2 aromatic rings.